The van der Waals surface area contributed by atoms with Gasteiger partial charge in [-0.2, -0.15) is 0 Å². The second-order valence-electron chi connectivity index (χ2n) is 7.07. The van der Waals surface area contributed by atoms with Crippen LogP contribution in [0.1, 0.15) is 29.6 Å². The largest absolute Gasteiger partial charge is 0.385 e. The number of carbonyl (C=O) groups excluding carboxylic acids is 1. The summed E-state index contributed by atoms with van der Waals surface area (Å²) in [6, 6.07) is 7.94. The minimum Gasteiger partial charge on any atom is -0.385 e. The molecule has 1 spiro atoms. The summed E-state index contributed by atoms with van der Waals surface area (Å²) in [6.07, 6.45) is 4.84. The highest BCUT2D eigenvalue weighted by Gasteiger charge is 2.46. The smallest absolute Gasteiger partial charge is 0.256 e. The number of benzene rings is 1. The highest BCUT2D eigenvalue weighted by atomic mass is 16.5. The maximum absolute atomic E-state index is 12.9. The van der Waals surface area contributed by atoms with Crippen LogP contribution in [-0.4, -0.2) is 54.8 Å². The third-order valence-corrected chi connectivity index (χ3v) is 5.44. The number of para-hydroxylation sites is 1. The maximum Gasteiger partial charge on any atom is 0.256 e. The summed E-state index contributed by atoms with van der Waals surface area (Å²) in [5.74, 6) is 0.654. The summed E-state index contributed by atoms with van der Waals surface area (Å²) in [4.78, 5) is 18.1. The zero-order chi connectivity index (χ0) is 16.6. The minimum absolute atomic E-state index is 0.105. The molecule has 1 aromatic heterocycles. The molecular weight excluding hydrogens is 304 g/mol. The molecule has 2 aliphatic heterocycles. The summed E-state index contributed by atoms with van der Waals surface area (Å²) in [6.45, 7) is 3.05. The fourth-order valence-electron chi connectivity index (χ4n) is 4.13. The fourth-order valence-corrected chi connectivity index (χ4v) is 4.13. The van der Waals surface area contributed by atoms with Gasteiger partial charge in [0.2, 0.25) is 0 Å². The Bertz CT molecular complexity index is 741. The number of fused-ring (bicyclic) bond motifs is 1. The molecule has 1 amide bonds. The van der Waals surface area contributed by atoms with Gasteiger partial charge in [-0.1, -0.05) is 18.2 Å². The molecule has 2 atom stereocenters. The molecular formula is C19H24N2O3. The van der Waals surface area contributed by atoms with Crippen molar-refractivity contribution >= 4 is 16.8 Å². The summed E-state index contributed by atoms with van der Waals surface area (Å²) < 4.78 is 11.3. The summed E-state index contributed by atoms with van der Waals surface area (Å²) in [7, 11) is 1.74. The molecule has 0 saturated carbocycles. The topological polar surface area (TPSA) is 54.6 Å². The fraction of sp³-hybridized carbons (Fsp3) is 0.526. The van der Waals surface area contributed by atoms with Crippen molar-refractivity contribution in [2.75, 3.05) is 33.4 Å². The van der Waals surface area contributed by atoms with Crippen LogP contribution in [0.2, 0.25) is 0 Å². The lowest BCUT2D eigenvalue weighted by atomic mass is 9.92. The van der Waals surface area contributed by atoms with Gasteiger partial charge in [0.15, 0.2) is 0 Å². The van der Waals surface area contributed by atoms with Crippen LogP contribution in [0, 0.1) is 5.92 Å². The van der Waals surface area contributed by atoms with Gasteiger partial charge in [-0.15, -0.1) is 0 Å². The molecule has 1 aromatic carbocycles. The molecule has 0 radical (unpaired) electrons. The Labute approximate surface area is 141 Å². The second-order valence-corrected chi connectivity index (χ2v) is 7.07. The van der Waals surface area contributed by atoms with Crippen LogP contribution in [0.15, 0.2) is 30.5 Å². The second kappa shape index (κ2) is 6.22. The number of nitrogens with zero attached hydrogens (tertiary/aromatic N) is 1. The standard InChI is InChI=1S/C19H24N2O3/c1-23-9-6-14-10-19(24-12-14)7-8-21(13-19)18(22)16-11-20-17-5-3-2-4-15(16)17/h2-5,11,14,20H,6-10,12-13H2,1H3. The maximum atomic E-state index is 12.9. The van der Waals surface area contributed by atoms with Gasteiger partial charge in [0.05, 0.1) is 24.3 Å². The first-order valence-electron chi connectivity index (χ1n) is 8.69. The SMILES string of the molecule is COCCC1COC2(CCN(C(=O)c3c[nH]c4ccccc34)C2)C1. The normalized spacial score (nSPS) is 26.7. The number of hydrogen-bond acceptors (Lipinski definition) is 3. The third-order valence-electron chi connectivity index (χ3n) is 5.44. The van der Waals surface area contributed by atoms with Gasteiger partial charge in [-0.05, 0) is 31.2 Å². The number of methoxy groups -OCH3 is 1. The lowest BCUT2D eigenvalue weighted by Gasteiger charge is -2.23. The number of ether oxygens (including phenoxy) is 2. The van der Waals surface area contributed by atoms with E-state index in [1.807, 2.05) is 35.4 Å². The molecule has 128 valence electrons. The average molecular weight is 328 g/mol. The zero-order valence-corrected chi connectivity index (χ0v) is 14.1. The molecule has 2 fully saturated rings. The van der Waals surface area contributed by atoms with Crippen molar-refractivity contribution in [3.05, 3.63) is 36.0 Å². The van der Waals surface area contributed by atoms with Gasteiger partial charge < -0.3 is 19.4 Å². The number of H-pyrrole nitrogens is 1. The van der Waals surface area contributed by atoms with Crippen molar-refractivity contribution < 1.29 is 14.3 Å². The highest BCUT2D eigenvalue weighted by Crippen LogP contribution is 2.39. The van der Waals surface area contributed by atoms with Crippen molar-refractivity contribution in [3.63, 3.8) is 0 Å². The van der Waals surface area contributed by atoms with Crippen LogP contribution < -0.4 is 0 Å². The predicted molar refractivity (Wildman–Crippen MR) is 92.1 cm³/mol. The van der Waals surface area contributed by atoms with E-state index in [1.165, 1.54) is 0 Å². The Balaban J connectivity index is 1.46. The summed E-state index contributed by atoms with van der Waals surface area (Å²) in [5, 5.41) is 0.994. The van der Waals surface area contributed by atoms with Gasteiger partial charge >= 0.3 is 0 Å². The number of nitrogens with one attached hydrogen (secondary N) is 1. The Kier molecular flexibility index (Phi) is 4.06. The molecule has 2 aromatic rings. The third kappa shape index (κ3) is 2.72. The first kappa shape index (κ1) is 15.7. The molecule has 4 rings (SSSR count). The van der Waals surface area contributed by atoms with Crippen molar-refractivity contribution in [1.29, 1.82) is 0 Å². The van der Waals surface area contributed by atoms with Crippen molar-refractivity contribution in [1.82, 2.24) is 9.88 Å². The molecule has 24 heavy (non-hydrogen) atoms. The van der Waals surface area contributed by atoms with E-state index in [-0.39, 0.29) is 11.5 Å². The first-order valence-corrected chi connectivity index (χ1v) is 8.69. The Hall–Kier alpha value is -1.85. The lowest BCUT2D eigenvalue weighted by Crippen LogP contribution is -2.35. The number of rotatable bonds is 4. The number of hydrogen-bond donors (Lipinski definition) is 1. The molecule has 5 nitrogen and oxygen atoms in total. The number of aromatic amines is 1. The van der Waals surface area contributed by atoms with Crippen molar-refractivity contribution in [3.8, 4) is 0 Å². The summed E-state index contributed by atoms with van der Waals surface area (Å²) >= 11 is 0. The van der Waals surface area contributed by atoms with Crippen molar-refractivity contribution in [2.45, 2.75) is 24.9 Å². The molecule has 5 heteroatoms. The first-order chi connectivity index (χ1) is 11.7. The molecule has 3 heterocycles. The molecule has 0 aliphatic carbocycles. The molecule has 2 aliphatic rings. The Morgan fingerprint density at radius 2 is 2.33 bits per heavy atom. The highest BCUT2D eigenvalue weighted by molar-refractivity contribution is 6.06. The lowest BCUT2D eigenvalue weighted by molar-refractivity contribution is 0.0113. The number of carbonyl (C=O) groups is 1. The van der Waals surface area contributed by atoms with Crippen LogP contribution in [-0.2, 0) is 9.47 Å². The van der Waals surface area contributed by atoms with E-state index in [4.69, 9.17) is 9.47 Å². The number of likely N-dealkylation sites (tertiary alicyclic amines) is 1. The van der Waals surface area contributed by atoms with Crippen LogP contribution in [0.4, 0.5) is 0 Å². The number of amides is 1. The Morgan fingerprint density at radius 1 is 1.46 bits per heavy atom. The monoisotopic (exact) mass is 328 g/mol. The predicted octanol–water partition coefficient (Wildman–Crippen LogP) is 2.83. The van der Waals surface area contributed by atoms with E-state index in [0.29, 0.717) is 12.5 Å². The quantitative estimate of drug-likeness (QED) is 0.939. The summed E-state index contributed by atoms with van der Waals surface area (Å²) in [5.41, 5.74) is 1.63. The molecule has 2 unspecified atom stereocenters. The van der Waals surface area contributed by atoms with Gasteiger partial charge in [-0.3, -0.25) is 4.79 Å². The van der Waals surface area contributed by atoms with Gasteiger partial charge in [0, 0.05) is 37.4 Å². The van der Waals surface area contributed by atoms with E-state index >= 15 is 0 Å². The molecule has 1 N–H and O–H groups in total. The van der Waals surface area contributed by atoms with Gasteiger partial charge in [0.25, 0.3) is 5.91 Å². The van der Waals surface area contributed by atoms with Crippen molar-refractivity contribution in [2.24, 2.45) is 5.92 Å². The van der Waals surface area contributed by atoms with Crippen LogP contribution in [0.5, 0.6) is 0 Å². The molecule has 0 bridgehead atoms. The van der Waals surface area contributed by atoms with E-state index in [9.17, 15) is 4.79 Å². The number of aromatic nitrogens is 1. The van der Waals surface area contributed by atoms with E-state index < -0.39 is 0 Å². The van der Waals surface area contributed by atoms with Gasteiger partial charge in [-0.25, -0.2) is 0 Å². The zero-order valence-electron chi connectivity index (χ0n) is 14.1. The van der Waals surface area contributed by atoms with Crippen LogP contribution >= 0.6 is 0 Å². The van der Waals surface area contributed by atoms with Gasteiger partial charge in [0.1, 0.15) is 0 Å². The van der Waals surface area contributed by atoms with Crippen LogP contribution in [0.25, 0.3) is 10.9 Å². The van der Waals surface area contributed by atoms with E-state index in [1.54, 1.807) is 7.11 Å². The minimum atomic E-state index is -0.139. The Morgan fingerprint density at radius 3 is 3.21 bits per heavy atom. The van der Waals surface area contributed by atoms with E-state index in [0.717, 1.165) is 55.5 Å². The molecule has 2 saturated heterocycles. The average Bonchev–Trinajstić information content (AvgIpc) is 3.32. The van der Waals surface area contributed by atoms with Crippen LogP contribution in [0.3, 0.4) is 0 Å². The van der Waals surface area contributed by atoms with E-state index in [2.05, 4.69) is 4.98 Å².